The Morgan fingerprint density at radius 1 is 1.10 bits per heavy atom. The number of nitrogens with one attached hydrogen (secondary N) is 1. The normalized spacial score (nSPS) is 19.1. The standard InChI is InChI=1S/C31H36ClN3O3S/c1-22-9-15-26(16-10-22)39-31(30(38)33-17-6-18-34(2)3)19-28(37)35(20-25-7-4-5-8-27(25)32)29(31)24-13-11-23(21-36)12-14-24/h4-5,7-16,29,36H,6,17-21H2,1-3H3,(H,33,38)/t29-,31-/m1/s1. The number of halogens is 1. The molecule has 0 bridgehead atoms. The molecule has 0 radical (unpaired) electrons. The second-order valence-corrected chi connectivity index (χ2v) is 12.1. The summed E-state index contributed by atoms with van der Waals surface area (Å²) in [7, 11) is 4.01. The van der Waals surface area contributed by atoms with Gasteiger partial charge in [-0.25, -0.2) is 0 Å². The number of aliphatic hydroxyl groups is 1. The molecule has 2 N–H and O–H groups in total. The van der Waals surface area contributed by atoms with Crippen LogP contribution in [-0.4, -0.2) is 58.7 Å². The van der Waals surface area contributed by atoms with Crippen molar-refractivity contribution in [2.45, 2.75) is 48.6 Å². The molecule has 8 heteroatoms. The van der Waals surface area contributed by atoms with Crippen LogP contribution in [0.15, 0.2) is 77.7 Å². The molecule has 6 nitrogen and oxygen atoms in total. The number of aryl methyl sites for hydroxylation is 1. The maximum atomic E-state index is 14.2. The second-order valence-electron chi connectivity index (χ2n) is 10.3. The maximum absolute atomic E-state index is 14.2. The minimum atomic E-state index is -1.10. The van der Waals surface area contributed by atoms with Crippen LogP contribution in [0.4, 0.5) is 0 Å². The summed E-state index contributed by atoms with van der Waals surface area (Å²) in [5.41, 5.74) is 3.56. The molecule has 1 heterocycles. The van der Waals surface area contributed by atoms with Gasteiger partial charge in [0, 0.05) is 23.0 Å². The first kappa shape index (κ1) is 29.2. The summed E-state index contributed by atoms with van der Waals surface area (Å²) in [5, 5.41) is 13.4. The van der Waals surface area contributed by atoms with E-state index in [-0.39, 0.29) is 31.4 Å². The predicted octanol–water partition coefficient (Wildman–Crippen LogP) is 5.21. The monoisotopic (exact) mass is 565 g/mol. The number of likely N-dealkylation sites (tertiary alicyclic amines) is 1. The summed E-state index contributed by atoms with van der Waals surface area (Å²) in [6.07, 6.45) is 0.860. The van der Waals surface area contributed by atoms with E-state index in [0.29, 0.717) is 11.6 Å². The van der Waals surface area contributed by atoms with Gasteiger partial charge in [-0.3, -0.25) is 9.59 Å². The van der Waals surface area contributed by atoms with Crippen LogP contribution in [-0.2, 0) is 22.7 Å². The van der Waals surface area contributed by atoms with Gasteiger partial charge in [0.05, 0.1) is 19.1 Å². The smallest absolute Gasteiger partial charge is 0.239 e. The van der Waals surface area contributed by atoms with E-state index in [1.807, 2.05) is 93.8 Å². The molecule has 0 spiro atoms. The lowest BCUT2D eigenvalue weighted by Gasteiger charge is -2.37. The molecular formula is C31H36ClN3O3S. The predicted molar refractivity (Wildman–Crippen MR) is 158 cm³/mol. The van der Waals surface area contributed by atoms with Crippen molar-refractivity contribution >= 4 is 35.2 Å². The highest BCUT2D eigenvalue weighted by Crippen LogP contribution is 2.53. The van der Waals surface area contributed by atoms with Gasteiger partial charge in [0.25, 0.3) is 0 Å². The average molecular weight is 566 g/mol. The number of nitrogens with zero attached hydrogens (tertiary/aromatic N) is 2. The lowest BCUT2D eigenvalue weighted by molar-refractivity contribution is -0.129. The zero-order chi connectivity index (χ0) is 28.0. The molecular weight excluding hydrogens is 530 g/mol. The Kier molecular flexibility index (Phi) is 9.72. The largest absolute Gasteiger partial charge is 0.392 e. The molecule has 1 aliphatic heterocycles. The molecule has 1 fully saturated rings. The van der Waals surface area contributed by atoms with Gasteiger partial charge in [0.15, 0.2) is 0 Å². The fraction of sp³-hybridized carbons (Fsp3) is 0.355. The van der Waals surface area contributed by atoms with Crippen molar-refractivity contribution in [2.75, 3.05) is 27.2 Å². The minimum Gasteiger partial charge on any atom is -0.392 e. The Labute approximate surface area is 240 Å². The summed E-state index contributed by atoms with van der Waals surface area (Å²) in [5.74, 6) is -0.257. The lowest BCUT2D eigenvalue weighted by Crippen LogP contribution is -2.48. The molecule has 1 aliphatic rings. The van der Waals surface area contributed by atoms with Crippen molar-refractivity contribution in [3.8, 4) is 0 Å². The number of thioether (sulfide) groups is 1. The Hall–Kier alpha value is -2.84. The van der Waals surface area contributed by atoms with Crippen LogP contribution in [0.3, 0.4) is 0 Å². The van der Waals surface area contributed by atoms with Crippen LogP contribution >= 0.6 is 23.4 Å². The summed E-state index contributed by atoms with van der Waals surface area (Å²) in [6, 6.07) is 22.5. The Morgan fingerprint density at radius 2 is 1.79 bits per heavy atom. The third-order valence-electron chi connectivity index (χ3n) is 7.04. The molecule has 1 saturated heterocycles. The third-order valence-corrected chi connectivity index (χ3v) is 8.83. The fourth-order valence-electron chi connectivity index (χ4n) is 4.97. The van der Waals surface area contributed by atoms with Crippen LogP contribution in [0.25, 0.3) is 0 Å². The number of hydrogen-bond acceptors (Lipinski definition) is 5. The van der Waals surface area contributed by atoms with Crippen molar-refractivity contribution in [1.82, 2.24) is 15.1 Å². The third kappa shape index (κ3) is 6.84. The van der Waals surface area contributed by atoms with Crippen molar-refractivity contribution in [3.63, 3.8) is 0 Å². The summed E-state index contributed by atoms with van der Waals surface area (Å²) >= 11 is 7.97. The summed E-state index contributed by atoms with van der Waals surface area (Å²) < 4.78 is -1.10. The molecule has 3 aromatic rings. The van der Waals surface area contributed by atoms with Crippen LogP contribution in [0.5, 0.6) is 0 Å². The highest BCUT2D eigenvalue weighted by molar-refractivity contribution is 8.01. The highest BCUT2D eigenvalue weighted by Gasteiger charge is 2.58. The first-order chi connectivity index (χ1) is 18.7. The van der Waals surface area contributed by atoms with E-state index in [1.165, 1.54) is 11.8 Å². The van der Waals surface area contributed by atoms with E-state index in [2.05, 4.69) is 10.2 Å². The van der Waals surface area contributed by atoms with Crippen molar-refractivity contribution in [3.05, 3.63) is 100 Å². The molecule has 0 aliphatic carbocycles. The highest BCUT2D eigenvalue weighted by atomic mass is 35.5. The molecule has 39 heavy (non-hydrogen) atoms. The Balaban J connectivity index is 1.79. The molecule has 0 saturated carbocycles. The number of aliphatic hydroxyl groups excluding tert-OH is 1. The second kappa shape index (κ2) is 13.0. The zero-order valence-corrected chi connectivity index (χ0v) is 24.3. The van der Waals surface area contributed by atoms with Gasteiger partial charge < -0.3 is 20.2 Å². The van der Waals surface area contributed by atoms with Crippen LogP contribution < -0.4 is 5.32 Å². The molecule has 2 amide bonds. The van der Waals surface area contributed by atoms with E-state index in [1.54, 1.807) is 4.90 Å². The van der Waals surface area contributed by atoms with Gasteiger partial charge in [0.2, 0.25) is 11.8 Å². The zero-order valence-electron chi connectivity index (χ0n) is 22.7. The number of hydrogen-bond donors (Lipinski definition) is 2. The van der Waals surface area contributed by atoms with Gasteiger partial charge in [-0.1, -0.05) is 71.8 Å². The van der Waals surface area contributed by atoms with Crippen LogP contribution in [0, 0.1) is 6.92 Å². The topological polar surface area (TPSA) is 72.9 Å². The number of rotatable bonds is 11. The van der Waals surface area contributed by atoms with Crippen LogP contribution in [0.2, 0.25) is 5.02 Å². The average Bonchev–Trinajstić information content (AvgIpc) is 3.20. The van der Waals surface area contributed by atoms with E-state index >= 15 is 0 Å². The van der Waals surface area contributed by atoms with E-state index < -0.39 is 10.8 Å². The van der Waals surface area contributed by atoms with Crippen molar-refractivity contribution in [1.29, 1.82) is 0 Å². The maximum Gasteiger partial charge on any atom is 0.239 e. The van der Waals surface area contributed by atoms with Gasteiger partial charge in [-0.05, 0) is 68.9 Å². The summed E-state index contributed by atoms with van der Waals surface area (Å²) in [4.78, 5) is 32.8. The van der Waals surface area contributed by atoms with Gasteiger partial charge >= 0.3 is 0 Å². The number of benzene rings is 3. The SMILES string of the molecule is Cc1ccc(S[C@]2(C(=O)NCCCN(C)C)CC(=O)N(Cc3ccccc3Cl)[C@@H]2c2ccc(CO)cc2)cc1. The Morgan fingerprint density at radius 3 is 2.44 bits per heavy atom. The quantitative estimate of drug-likeness (QED) is 0.312. The minimum absolute atomic E-state index is 0.0575. The molecule has 2 atom stereocenters. The first-order valence-corrected chi connectivity index (χ1v) is 14.3. The first-order valence-electron chi connectivity index (χ1n) is 13.1. The molecule has 4 rings (SSSR count). The van der Waals surface area contributed by atoms with E-state index in [4.69, 9.17) is 11.6 Å². The molecule has 206 valence electrons. The Bertz CT molecular complexity index is 1280. The number of carbonyl (C=O) groups is 2. The lowest BCUT2D eigenvalue weighted by atomic mass is 9.90. The number of amides is 2. The van der Waals surface area contributed by atoms with Crippen molar-refractivity contribution in [2.24, 2.45) is 0 Å². The van der Waals surface area contributed by atoms with Gasteiger partial charge in [0.1, 0.15) is 4.75 Å². The van der Waals surface area contributed by atoms with Crippen molar-refractivity contribution < 1.29 is 14.7 Å². The van der Waals surface area contributed by atoms with E-state index in [9.17, 15) is 14.7 Å². The summed E-state index contributed by atoms with van der Waals surface area (Å²) in [6.45, 7) is 3.60. The fourth-order valence-corrected chi connectivity index (χ4v) is 6.59. The van der Waals surface area contributed by atoms with E-state index in [0.717, 1.165) is 40.1 Å². The molecule has 0 unspecified atom stereocenters. The number of carbonyl (C=O) groups excluding carboxylic acids is 2. The van der Waals surface area contributed by atoms with Gasteiger partial charge in [-0.15, -0.1) is 11.8 Å². The molecule has 3 aromatic carbocycles. The molecule has 0 aromatic heterocycles. The van der Waals surface area contributed by atoms with Gasteiger partial charge in [-0.2, -0.15) is 0 Å². The van der Waals surface area contributed by atoms with Crippen LogP contribution in [0.1, 0.15) is 41.1 Å².